The zero-order valence-corrected chi connectivity index (χ0v) is 16.9. The Kier molecular flexibility index (Phi) is 4.81. The monoisotopic (exact) mass is 377 g/mol. The second-order valence-corrected chi connectivity index (χ2v) is 8.09. The predicted molar refractivity (Wildman–Crippen MR) is 111 cm³/mol. The van der Waals surface area contributed by atoms with Gasteiger partial charge in [-0.25, -0.2) is 9.97 Å². The van der Waals surface area contributed by atoms with Gasteiger partial charge in [-0.3, -0.25) is 0 Å². The lowest BCUT2D eigenvalue weighted by atomic mass is 9.86. The Bertz CT molecular complexity index is 1000. The van der Waals surface area contributed by atoms with Crippen LogP contribution >= 0.6 is 0 Å². The summed E-state index contributed by atoms with van der Waals surface area (Å²) in [4.78, 5) is 9.33. The molecule has 5 heteroatoms. The third kappa shape index (κ3) is 3.48. The third-order valence-corrected chi connectivity index (χ3v) is 5.56. The first-order chi connectivity index (χ1) is 13.3. The second-order valence-electron chi connectivity index (χ2n) is 8.09. The highest BCUT2D eigenvalue weighted by atomic mass is 16.5. The number of fused-ring (bicyclic) bond motifs is 2. The van der Waals surface area contributed by atoms with Gasteiger partial charge in [-0.1, -0.05) is 30.3 Å². The van der Waals surface area contributed by atoms with Crippen LogP contribution in [0.25, 0.3) is 11.0 Å². The molecule has 4 rings (SSSR count). The molecule has 1 aromatic heterocycles. The first-order valence-electron chi connectivity index (χ1n) is 9.78. The number of hydrogen-bond acceptors (Lipinski definition) is 5. The summed E-state index contributed by atoms with van der Waals surface area (Å²) in [5, 5.41) is 14.5. The van der Waals surface area contributed by atoms with Crippen LogP contribution in [0.1, 0.15) is 42.4 Å². The van der Waals surface area contributed by atoms with Crippen molar-refractivity contribution in [3.8, 4) is 5.75 Å². The molecular weight excluding hydrogens is 350 g/mol. The first kappa shape index (κ1) is 18.8. The minimum Gasteiger partial charge on any atom is -0.485 e. The summed E-state index contributed by atoms with van der Waals surface area (Å²) in [7, 11) is 0. The lowest BCUT2D eigenvalue weighted by molar-refractivity contribution is -0.0642. The topological polar surface area (TPSA) is 67.3 Å². The van der Waals surface area contributed by atoms with E-state index in [0.717, 1.165) is 46.7 Å². The number of hydrogen-bond donors (Lipinski definition) is 2. The van der Waals surface area contributed by atoms with Crippen molar-refractivity contribution >= 4 is 11.0 Å². The summed E-state index contributed by atoms with van der Waals surface area (Å²) in [6.07, 6.45) is 0.222. The van der Waals surface area contributed by atoms with Gasteiger partial charge >= 0.3 is 0 Å². The number of aryl methyl sites for hydroxylation is 2. The highest BCUT2D eigenvalue weighted by Crippen LogP contribution is 2.41. The predicted octanol–water partition coefficient (Wildman–Crippen LogP) is 3.65. The van der Waals surface area contributed by atoms with Gasteiger partial charge in [0.25, 0.3) is 0 Å². The molecule has 0 saturated heterocycles. The Balaban J connectivity index is 1.67. The van der Waals surface area contributed by atoms with E-state index < -0.39 is 11.7 Å². The van der Waals surface area contributed by atoms with E-state index in [-0.39, 0.29) is 6.04 Å². The number of rotatable bonds is 4. The fourth-order valence-corrected chi connectivity index (χ4v) is 3.76. The molecular formula is C23H27N3O2. The van der Waals surface area contributed by atoms with Crippen LogP contribution in [0.4, 0.5) is 0 Å². The van der Waals surface area contributed by atoms with Gasteiger partial charge in [-0.2, -0.15) is 0 Å². The Hall–Kier alpha value is -2.50. The SMILES string of the molecule is Cc1nc2cc3c(cc2nc1C)C(NCCc1ccccc1)C(O)C(C)(C)O3. The highest BCUT2D eigenvalue weighted by molar-refractivity contribution is 5.78. The molecule has 0 aliphatic carbocycles. The molecule has 1 aliphatic rings. The van der Waals surface area contributed by atoms with E-state index in [1.165, 1.54) is 5.56 Å². The average Bonchev–Trinajstić information content (AvgIpc) is 2.66. The van der Waals surface area contributed by atoms with Crippen LogP contribution < -0.4 is 10.1 Å². The Morgan fingerprint density at radius 2 is 1.68 bits per heavy atom. The van der Waals surface area contributed by atoms with Crippen LogP contribution in [-0.2, 0) is 6.42 Å². The zero-order chi connectivity index (χ0) is 19.9. The van der Waals surface area contributed by atoms with E-state index in [1.807, 2.05) is 58.0 Å². The molecule has 2 atom stereocenters. The number of aliphatic hydroxyl groups excluding tert-OH is 1. The van der Waals surface area contributed by atoms with Crippen LogP contribution in [0.3, 0.4) is 0 Å². The minimum atomic E-state index is -0.696. The summed E-state index contributed by atoms with van der Waals surface area (Å²) >= 11 is 0. The highest BCUT2D eigenvalue weighted by Gasteiger charge is 2.42. The van der Waals surface area contributed by atoms with Gasteiger partial charge in [0, 0.05) is 11.6 Å². The minimum absolute atomic E-state index is 0.227. The van der Waals surface area contributed by atoms with Crippen LogP contribution in [0.15, 0.2) is 42.5 Å². The first-order valence-corrected chi connectivity index (χ1v) is 9.78. The van der Waals surface area contributed by atoms with Crippen molar-refractivity contribution in [2.75, 3.05) is 6.54 Å². The van der Waals surface area contributed by atoms with Crippen molar-refractivity contribution in [2.24, 2.45) is 0 Å². The van der Waals surface area contributed by atoms with Gasteiger partial charge in [0.2, 0.25) is 0 Å². The summed E-state index contributed by atoms with van der Waals surface area (Å²) in [6, 6.07) is 14.1. The smallest absolute Gasteiger partial charge is 0.131 e. The molecule has 2 aromatic carbocycles. The second kappa shape index (κ2) is 7.15. The molecule has 28 heavy (non-hydrogen) atoms. The number of aromatic nitrogens is 2. The normalized spacial score (nSPS) is 20.6. The van der Waals surface area contributed by atoms with Crippen LogP contribution in [-0.4, -0.2) is 33.3 Å². The van der Waals surface area contributed by atoms with E-state index in [2.05, 4.69) is 27.4 Å². The fourth-order valence-electron chi connectivity index (χ4n) is 3.76. The molecule has 0 radical (unpaired) electrons. The van der Waals surface area contributed by atoms with Crippen molar-refractivity contribution < 1.29 is 9.84 Å². The molecule has 0 fully saturated rings. The molecule has 146 valence electrons. The Labute approximate surface area is 165 Å². The standard InChI is InChI=1S/C23H27N3O2/c1-14-15(2)26-19-13-20-17(12-18(19)25-14)21(22(27)23(3,4)28-20)24-11-10-16-8-6-5-7-9-16/h5-9,12-13,21-22,24,27H,10-11H2,1-4H3. The Morgan fingerprint density at radius 1 is 1.04 bits per heavy atom. The summed E-state index contributed by atoms with van der Waals surface area (Å²) < 4.78 is 6.15. The van der Waals surface area contributed by atoms with Crippen LogP contribution in [0, 0.1) is 13.8 Å². The molecule has 2 N–H and O–H groups in total. The number of nitrogens with one attached hydrogen (secondary N) is 1. The molecule has 3 aromatic rings. The van der Waals surface area contributed by atoms with E-state index in [1.54, 1.807) is 0 Å². The van der Waals surface area contributed by atoms with Crippen LogP contribution in [0.2, 0.25) is 0 Å². The van der Waals surface area contributed by atoms with Crippen LogP contribution in [0.5, 0.6) is 5.75 Å². The van der Waals surface area contributed by atoms with Gasteiger partial charge in [0.15, 0.2) is 0 Å². The maximum Gasteiger partial charge on any atom is 0.131 e. The maximum atomic E-state index is 11.0. The number of nitrogens with zero attached hydrogens (tertiary/aromatic N) is 2. The van der Waals surface area contributed by atoms with Crippen molar-refractivity contribution in [3.05, 3.63) is 65.0 Å². The summed E-state index contributed by atoms with van der Waals surface area (Å²) in [5.41, 5.74) is 4.98. The van der Waals surface area contributed by atoms with E-state index in [4.69, 9.17) is 4.74 Å². The van der Waals surface area contributed by atoms with Gasteiger partial charge < -0.3 is 15.2 Å². The largest absolute Gasteiger partial charge is 0.485 e. The van der Waals surface area contributed by atoms with Gasteiger partial charge in [-0.05, 0) is 52.3 Å². The molecule has 5 nitrogen and oxygen atoms in total. The van der Waals surface area contributed by atoms with E-state index >= 15 is 0 Å². The van der Waals surface area contributed by atoms with E-state index in [0.29, 0.717) is 0 Å². The zero-order valence-electron chi connectivity index (χ0n) is 16.9. The molecule has 2 heterocycles. The van der Waals surface area contributed by atoms with Crippen molar-refractivity contribution in [2.45, 2.75) is 51.9 Å². The van der Waals surface area contributed by atoms with Gasteiger partial charge in [0.05, 0.1) is 28.5 Å². The molecule has 0 bridgehead atoms. The van der Waals surface area contributed by atoms with Crippen molar-refractivity contribution in [1.82, 2.24) is 15.3 Å². The maximum absolute atomic E-state index is 11.0. The fraction of sp³-hybridized carbons (Fsp3) is 0.391. The quantitative estimate of drug-likeness (QED) is 0.726. The summed E-state index contributed by atoms with van der Waals surface area (Å²) in [5.74, 6) is 0.762. The third-order valence-electron chi connectivity index (χ3n) is 5.56. The molecule has 1 aliphatic heterocycles. The lowest BCUT2D eigenvalue weighted by Crippen LogP contribution is -2.52. The Morgan fingerprint density at radius 3 is 2.36 bits per heavy atom. The molecule has 2 unspecified atom stereocenters. The molecule has 0 saturated carbocycles. The molecule has 0 amide bonds. The summed E-state index contributed by atoms with van der Waals surface area (Å²) in [6.45, 7) is 8.53. The number of aliphatic hydroxyl groups is 1. The molecule has 0 spiro atoms. The van der Waals surface area contributed by atoms with Crippen molar-refractivity contribution in [1.29, 1.82) is 0 Å². The van der Waals surface area contributed by atoms with Gasteiger partial charge in [0.1, 0.15) is 17.5 Å². The van der Waals surface area contributed by atoms with E-state index in [9.17, 15) is 5.11 Å². The lowest BCUT2D eigenvalue weighted by Gasteiger charge is -2.42. The number of ether oxygens (including phenoxy) is 1. The average molecular weight is 377 g/mol. The van der Waals surface area contributed by atoms with Crippen molar-refractivity contribution in [3.63, 3.8) is 0 Å². The van der Waals surface area contributed by atoms with Gasteiger partial charge in [-0.15, -0.1) is 0 Å². The number of benzene rings is 2.